The zero-order valence-corrected chi connectivity index (χ0v) is 8.60. The molecule has 0 radical (unpaired) electrons. The Bertz CT molecular complexity index is 320. The average molecular weight is 208 g/mol. The van der Waals surface area contributed by atoms with E-state index in [1.165, 1.54) is 12.8 Å². The molecule has 0 aromatic heterocycles. The van der Waals surface area contributed by atoms with Crippen molar-refractivity contribution >= 4 is 0 Å². The van der Waals surface area contributed by atoms with Crippen molar-refractivity contribution in [2.45, 2.75) is 12.8 Å². The molecule has 1 aromatic carbocycles. The van der Waals surface area contributed by atoms with Crippen molar-refractivity contribution in [3.05, 3.63) is 24.3 Å². The summed E-state index contributed by atoms with van der Waals surface area (Å²) in [5.74, 6) is 1.74. The van der Waals surface area contributed by atoms with Gasteiger partial charge < -0.3 is 14.9 Å². The molecule has 2 N–H and O–H groups in total. The summed E-state index contributed by atoms with van der Waals surface area (Å²) >= 11 is 0. The van der Waals surface area contributed by atoms with Gasteiger partial charge in [-0.25, -0.2) is 0 Å². The number of benzene rings is 1. The molecule has 0 heterocycles. The Labute approximate surface area is 89.3 Å². The first-order chi connectivity index (χ1) is 7.29. The first kappa shape index (κ1) is 10.3. The van der Waals surface area contributed by atoms with Gasteiger partial charge in [0.15, 0.2) is 0 Å². The summed E-state index contributed by atoms with van der Waals surface area (Å²) < 4.78 is 5.52. The second-order valence-electron chi connectivity index (χ2n) is 4.09. The van der Waals surface area contributed by atoms with Gasteiger partial charge in [-0.05, 0) is 30.9 Å². The lowest BCUT2D eigenvalue weighted by atomic mass is 10.1. The number of ether oxygens (including phenoxy) is 1. The molecule has 1 aliphatic carbocycles. The van der Waals surface area contributed by atoms with Gasteiger partial charge in [0.25, 0.3) is 0 Å². The van der Waals surface area contributed by atoms with Crippen molar-refractivity contribution in [3.63, 3.8) is 0 Å². The molecule has 1 unspecified atom stereocenters. The minimum absolute atomic E-state index is 0.184. The molecule has 0 saturated heterocycles. The molecule has 0 spiro atoms. The van der Waals surface area contributed by atoms with Crippen LogP contribution in [-0.4, -0.2) is 23.4 Å². The highest BCUT2D eigenvalue weighted by Crippen LogP contribution is 2.36. The van der Waals surface area contributed by atoms with Crippen molar-refractivity contribution in [2.75, 3.05) is 13.2 Å². The van der Waals surface area contributed by atoms with Gasteiger partial charge in [-0.2, -0.15) is 0 Å². The van der Waals surface area contributed by atoms with Gasteiger partial charge in [0.1, 0.15) is 11.5 Å². The van der Waals surface area contributed by atoms with Crippen LogP contribution in [0.3, 0.4) is 0 Å². The number of aliphatic hydroxyl groups excluding tert-OH is 1. The van der Waals surface area contributed by atoms with E-state index in [2.05, 4.69) is 0 Å². The lowest BCUT2D eigenvalue weighted by Crippen LogP contribution is -2.17. The van der Waals surface area contributed by atoms with E-state index < -0.39 is 0 Å². The smallest absolute Gasteiger partial charge is 0.122 e. The van der Waals surface area contributed by atoms with Crippen molar-refractivity contribution in [1.82, 2.24) is 0 Å². The molecule has 1 aliphatic rings. The third-order valence-electron chi connectivity index (χ3n) is 2.80. The minimum Gasteiger partial charge on any atom is -0.508 e. The normalized spacial score (nSPS) is 17.4. The van der Waals surface area contributed by atoms with Crippen LogP contribution in [0, 0.1) is 11.8 Å². The third-order valence-corrected chi connectivity index (χ3v) is 2.80. The summed E-state index contributed by atoms with van der Waals surface area (Å²) in [6, 6.07) is 6.75. The summed E-state index contributed by atoms with van der Waals surface area (Å²) in [7, 11) is 0. The van der Waals surface area contributed by atoms with Crippen LogP contribution in [0.4, 0.5) is 0 Å². The van der Waals surface area contributed by atoms with Crippen molar-refractivity contribution < 1.29 is 14.9 Å². The molecule has 3 heteroatoms. The predicted octanol–water partition coefficient (Wildman–Crippen LogP) is 1.79. The van der Waals surface area contributed by atoms with Gasteiger partial charge in [-0.3, -0.25) is 0 Å². The van der Waals surface area contributed by atoms with Gasteiger partial charge >= 0.3 is 0 Å². The number of aliphatic hydroxyl groups is 1. The summed E-state index contributed by atoms with van der Waals surface area (Å²) in [6.45, 7) is 0.716. The summed E-state index contributed by atoms with van der Waals surface area (Å²) in [5.41, 5.74) is 0. The van der Waals surface area contributed by atoms with Crippen LogP contribution in [0.1, 0.15) is 12.8 Å². The maximum Gasteiger partial charge on any atom is 0.122 e. The molecule has 2 rings (SSSR count). The van der Waals surface area contributed by atoms with E-state index in [0.29, 0.717) is 18.3 Å². The zero-order valence-electron chi connectivity index (χ0n) is 8.60. The predicted molar refractivity (Wildman–Crippen MR) is 56.9 cm³/mol. The topological polar surface area (TPSA) is 49.7 Å². The van der Waals surface area contributed by atoms with Gasteiger partial charge in [-0.15, -0.1) is 0 Å². The molecule has 0 bridgehead atoms. The van der Waals surface area contributed by atoms with Crippen LogP contribution >= 0.6 is 0 Å². The molecular formula is C12H16O3. The van der Waals surface area contributed by atoms with E-state index in [1.54, 1.807) is 24.3 Å². The number of hydrogen-bond donors (Lipinski definition) is 2. The standard InChI is InChI=1S/C12H16O3/c13-7-10(9-4-5-9)8-15-12-3-1-2-11(14)6-12/h1-3,6,9-10,13-14H,4-5,7-8H2. The molecule has 3 nitrogen and oxygen atoms in total. The Morgan fingerprint density at radius 2 is 2.20 bits per heavy atom. The van der Waals surface area contributed by atoms with Gasteiger partial charge in [0.2, 0.25) is 0 Å². The molecule has 15 heavy (non-hydrogen) atoms. The molecule has 82 valence electrons. The van der Waals surface area contributed by atoms with Crippen LogP contribution in [0.2, 0.25) is 0 Å². The minimum atomic E-state index is 0.184. The maximum atomic E-state index is 9.23. The molecule has 1 aromatic rings. The van der Waals surface area contributed by atoms with E-state index in [9.17, 15) is 5.11 Å². The average Bonchev–Trinajstić information content (AvgIpc) is 3.03. The maximum absolute atomic E-state index is 9.23. The fourth-order valence-electron chi connectivity index (χ4n) is 1.68. The molecule has 1 atom stereocenters. The van der Waals surface area contributed by atoms with Gasteiger partial charge in [0.05, 0.1) is 6.61 Å². The fourth-order valence-corrected chi connectivity index (χ4v) is 1.68. The second-order valence-corrected chi connectivity index (χ2v) is 4.09. The fraction of sp³-hybridized carbons (Fsp3) is 0.500. The highest BCUT2D eigenvalue weighted by molar-refractivity contribution is 5.31. The second kappa shape index (κ2) is 4.53. The number of hydrogen-bond acceptors (Lipinski definition) is 3. The van der Waals surface area contributed by atoms with Crippen LogP contribution in [0.15, 0.2) is 24.3 Å². The largest absolute Gasteiger partial charge is 0.508 e. The molecule has 0 aliphatic heterocycles. The van der Waals surface area contributed by atoms with Crippen molar-refractivity contribution in [1.29, 1.82) is 0 Å². The SMILES string of the molecule is OCC(COc1cccc(O)c1)C1CC1. The molecule has 1 saturated carbocycles. The Hall–Kier alpha value is -1.22. The Morgan fingerprint density at radius 1 is 1.40 bits per heavy atom. The third kappa shape index (κ3) is 2.86. The number of rotatable bonds is 5. The summed E-state index contributed by atoms with van der Waals surface area (Å²) in [6.07, 6.45) is 2.41. The monoisotopic (exact) mass is 208 g/mol. The molecular weight excluding hydrogens is 192 g/mol. The van der Waals surface area contributed by atoms with Crippen molar-refractivity contribution in [2.24, 2.45) is 11.8 Å². The Balaban J connectivity index is 1.86. The summed E-state index contributed by atoms with van der Waals surface area (Å²) in [5, 5.41) is 18.4. The highest BCUT2D eigenvalue weighted by atomic mass is 16.5. The lowest BCUT2D eigenvalue weighted by Gasteiger charge is -2.14. The zero-order chi connectivity index (χ0) is 10.7. The van der Waals surface area contributed by atoms with E-state index in [4.69, 9.17) is 9.84 Å². The van der Waals surface area contributed by atoms with Crippen LogP contribution < -0.4 is 4.74 Å². The summed E-state index contributed by atoms with van der Waals surface area (Å²) in [4.78, 5) is 0. The number of phenols is 1. The highest BCUT2D eigenvalue weighted by Gasteiger charge is 2.31. The van der Waals surface area contributed by atoms with Crippen LogP contribution in [-0.2, 0) is 0 Å². The first-order valence-corrected chi connectivity index (χ1v) is 5.32. The number of aromatic hydroxyl groups is 1. The van der Waals surface area contributed by atoms with E-state index >= 15 is 0 Å². The van der Waals surface area contributed by atoms with E-state index in [0.717, 1.165) is 0 Å². The lowest BCUT2D eigenvalue weighted by molar-refractivity contribution is 0.147. The number of phenolic OH excluding ortho intramolecular Hbond substituents is 1. The Kier molecular flexibility index (Phi) is 3.11. The first-order valence-electron chi connectivity index (χ1n) is 5.32. The van der Waals surface area contributed by atoms with E-state index in [-0.39, 0.29) is 18.3 Å². The molecule has 0 amide bonds. The molecule has 1 fully saturated rings. The quantitative estimate of drug-likeness (QED) is 0.775. The van der Waals surface area contributed by atoms with E-state index in [1.807, 2.05) is 0 Å². The van der Waals surface area contributed by atoms with Crippen molar-refractivity contribution in [3.8, 4) is 11.5 Å². The van der Waals surface area contributed by atoms with Crippen LogP contribution in [0.5, 0.6) is 11.5 Å². The van der Waals surface area contributed by atoms with Gasteiger partial charge in [-0.1, -0.05) is 6.07 Å². The Morgan fingerprint density at radius 3 is 2.80 bits per heavy atom. The van der Waals surface area contributed by atoms with Gasteiger partial charge in [0, 0.05) is 18.6 Å². The van der Waals surface area contributed by atoms with Crippen LogP contribution in [0.25, 0.3) is 0 Å².